The van der Waals surface area contributed by atoms with Gasteiger partial charge in [0.2, 0.25) is 10.0 Å². The van der Waals surface area contributed by atoms with Gasteiger partial charge in [-0.2, -0.15) is 0 Å². The third kappa shape index (κ3) is 3.34. The molecule has 18 heavy (non-hydrogen) atoms. The lowest BCUT2D eigenvalue weighted by atomic mass is 10.2. The topological polar surface area (TPSA) is 51.1 Å². The highest BCUT2D eigenvalue weighted by Crippen LogP contribution is 2.15. The third-order valence-electron chi connectivity index (χ3n) is 2.72. The van der Waals surface area contributed by atoms with E-state index in [2.05, 4.69) is 43.4 Å². The van der Waals surface area contributed by atoms with Gasteiger partial charge in [0.05, 0.1) is 0 Å². The Kier molecular flexibility index (Phi) is 4.42. The molecule has 0 spiro atoms. The Bertz CT molecular complexity index is 622. The fourth-order valence-electron chi connectivity index (χ4n) is 1.85. The second kappa shape index (κ2) is 5.86. The lowest BCUT2D eigenvalue weighted by molar-refractivity contribution is 0.577. The standard InChI is InChI=1S/C12H15BrN2O2S/c13-10-18(16,17)14-7-3-8-15-9-6-11-4-1-2-5-12(11)15/h1-2,4-6,9,14H,3,7-8,10H2. The van der Waals surface area contributed by atoms with E-state index in [0.717, 1.165) is 13.0 Å². The number of rotatable bonds is 6. The molecule has 0 unspecified atom stereocenters. The highest BCUT2D eigenvalue weighted by molar-refractivity contribution is 9.10. The van der Waals surface area contributed by atoms with Crippen molar-refractivity contribution in [2.45, 2.75) is 13.0 Å². The molecule has 0 aliphatic heterocycles. The number of hydrogen-bond acceptors (Lipinski definition) is 2. The molecular weight excluding hydrogens is 316 g/mol. The summed E-state index contributed by atoms with van der Waals surface area (Å²) in [5, 5.41) is 1.21. The second-order valence-corrected chi connectivity index (χ2v) is 7.15. The minimum Gasteiger partial charge on any atom is -0.347 e. The molecule has 0 amide bonds. The monoisotopic (exact) mass is 330 g/mol. The van der Waals surface area contributed by atoms with Crippen molar-refractivity contribution in [2.75, 3.05) is 11.2 Å². The Morgan fingerprint density at radius 3 is 2.78 bits per heavy atom. The number of aromatic nitrogens is 1. The van der Waals surface area contributed by atoms with Crippen LogP contribution in [0.3, 0.4) is 0 Å². The first kappa shape index (κ1) is 13.6. The normalized spacial score (nSPS) is 12.1. The van der Waals surface area contributed by atoms with Crippen LogP contribution >= 0.6 is 15.9 Å². The predicted octanol–water partition coefficient (Wildman–Crippen LogP) is 2.30. The molecule has 4 nitrogen and oxygen atoms in total. The number of sulfonamides is 1. The molecule has 0 aliphatic carbocycles. The Balaban J connectivity index is 1.91. The number of alkyl halides is 1. The summed E-state index contributed by atoms with van der Waals surface area (Å²) in [7, 11) is -3.15. The SMILES string of the molecule is O=S(=O)(CBr)NCCCn1ccc2ccccc21. The number of benzene rings is 1. The van der Waals surface area contributed by atoms with Crippen LogP contribution in [0.2, 0.25) is 0 Å². The fourth-order valence-corrected chi connectivity index (χ4v) is 2.87. The number of halogens is 1. The van der Waals surface area contributed by atoms with E-state index in [4.69, 9.17) is 0 Å². The van der Waals surface area contributed by atoms with Crippen molar-refractivity contribution < 1.29 is 8.42 Å². The number of nitrogens with one attached hydrogen (secondary N) is 1. The Morgan fingerprint density at radius 1 is 1.22 bits per heavy atom. The van der Waals surface area contributed by atoms with Crippen LogP contribution in [0, 0.1) is 0 Å². The molecule has 0 saturated carbocycles. The summed E-state index contributed by atoms with van der Waals surface area (Å²) in [5.41, 5.74) is 1.18. The van der Waals surface area contributed by atoms with Gasteiger partial charge in [0.15, 0.2) is 0 Å². The third-order valence-corrected chi connectivity index (χ3v) is 5.46. The van der Waals surface area contributed by atoms with Crippen LogP contribution in [-0.2, 0) is 16.6 Å². The van der Waals surface area contributed by atoms with Crippen LogP contribution in [0.5, 0.6) is 0 Å². The molecule has 0 aliphatic rings. The smallest absolute Gasteiger partial charge is 0.221 e. The van der Waals surface area contributed by atoms with Gasteiger partial charge in [0.1, 0.15) is 4.66 Å². The quantitative estimate of drug-likeness (QED) is 0.652. The van der Waals surface area contributed by atoms with E-state index < -0.39 is 10.0 Å². The van der Waals surface area contributed by atoms with Crippen LogP contribution in [0.1, 0.15) is 6.42 Å². The molecule has 98 valence electrons. The summed E-state index contributed by atoms with van der Waals surface area (Å²) in [5.74, 6) is 0. The van der Waals surface area contributed by atoms with Crippen LogP contribution < -0.4 is 4.72 Å². The summed E-state index contributed by atoms with van der Waals surface area (Å²) >= 11 is 2.94. The van der Waals surface area contributed by atoms with Gasteiger partial charge < -0.3 is 4.57 Å². The van der Waals surface area contributed by atoms with Crippen molar-refractivity contribution in [3.05, 3.63) is 36.5 Å². The Morgan fingerprint density at radius 2 is 2.00 bits per heavy atom. The number of hydrogen-bond donors (Lipinski definition) is 1. The molecule has 0 atom stereocenters. The van der Waals surface area contributed by atoms with Gasteiger partial charge in [-0.15, -0.1) is 0 Å². The number of nitrogens with zero attached hydrogens (tertiary/aromatic N) is 1. The lowest BCUT2D eigenvalue weighted by Crippen LogP contribution is -2.26. The zero-order chi connectivity index (χ0) is 13.0. The first-order valence-corrected chi connectivity index (χ1v) is 8.47. The zero-order valence-electron chi connectivity index (χ0n) is 9.84. The van der Waals surface area contributed by atoms with Gasteiger partial charge >= 0.3 is 0 Å². The van der Waals surface area contributed by atoms with Gasteiger partial charge in [0, 0.05) is 24.8 Å². The van der Waals surface area contributed by atoms with Crippen molar-refractivity contribution >= 4 is 36.9 Å². The van der Waals surface area contributed by atoms with E-state index in [9.17, 15) is 8.42 Å². The van der Waals surface area contributed by atoms with E-state index >= 15 is 0 Å². The van der Waals surface area contributed by atoms with Gasteiger partial charge in [-0.1, -0.05) is 34.1 Å². The zero-order valence-corrected chi connectivity index (χ0v) is 12.2. The minimum absolute atomic E-state index is 0.0492. The van der Waals surface area contributed by atoms with Crippen molar-refractivity contribution in [1.29, 1.82) is 0 Å². The molecule has 2 aromatic rings. The van der Waals surface area contributed by atoms with E-state index in [0.29, 0.717) is 6.54 Å². The summed E-state index contributed by atoms with van der Waals surface area (Å²) in [4.78, 5) is 0. The average molecular weight is 331 g/mol. The molecule has 0 radical (unpaired) electrons. The Labute approximate surface area is 115 Å². The van der Waals surface area contributed by atoms with Crippen molar-refractivity contribution in [2.24, 2.45) is 0 Å². The van der Waals surface area contributed by atoms with Crippen molar-refractivity contribution in [3.8, 4) is 0 Å². The molecular formula is C12H15BrN2O2S. The van der Waals surface area contributed by atoms with Gasteiger partial charge in [-0.3, -0.25) is 0 Å². The van der Waals surface area contributed by atoms with Crippen LogP contribution in [0.15, 0.2) is 36.5 Å². The maximum absolute atomic E-state index is 11.2. The highest BCUT2D eigenvalue weighted by Gasteiger charge is 2.06. The molecule has 2 rings (SSSR count). The van der Waals surface area contributed by atoms with E-state index in [1.54, 1.807) is 0 Å². The number of fused-ring (bicyclic) bond motifs is 1. The van der Waals surface area contributed by atoms with Gasteiger partial charge in [-0.25, -0.2) is 13.1 Å². The number of para-hydroxylation sites is 1. The van der Waals surface area contributed by atoms with E-state index in [-0.39, 0.29) is 4.66 Å². The second-order valence-electron chi connectivity index (χ2n) is 4.04. The van der Waals surface area contributed by atoms with Crippen molar-refractivity contribution in [3.63, 3.8) is 0 Å². The lowest BCUT2D eigenvalue weighted by Gasteiger charge is -2.06. The van der Waals surface area contributed by atoms with Gasteiger partial charge in [0.25, 0.3) is 0 Å². The molecule has 1 aromatic heterocycles. The predicted molar refractivity (Wildman–Crippen MR) is 77.3 cm³/mol. The first-order valence-electron chi connectivity index (χ1n) is 5.69. The van der Waals surface area contributed by atoms with Gasteiger partial charge in [-0.05, 0) is 23.9 Å². The minimum atomic E-state index is -3.15. The molecule has 1 heterocycles. The first-order chi connectivity index (χ1) is 8.62. The summed E-state index contributed by atoms with van der Waals surface area (Å²) in [6, 6.07) is 10.2. The molecule has 6 heteroatoms. The Hall–Kier alpha value is -0.850. The van der Waals surface area contributed by atoms with Crippen LogP contribution in [0.25, 0.3) is 10.9 Å². The molecule has 0 fully saturated rings. The molecule has 0 saturated heterocycles. The van der Waals surface area contributed by atoms with Crippen molar-refractivity contribution in [1.82, 2.24) is 9.29 Å². The molecule has 1 aromatic carbocycles. The summed E-state index contributed by atoms with van der Waals surface area (Å²) in [6.07, 6.45) is 2.80. The maximum Gasteiger partial charge on any atom is 0.221 e. The van der Waals surface area contributed by atoms with E-state index in [1.165, 1.54) is 10.9 Å². The average Bonchev–Trinajstić information content (AvgIpc) is 2.78. The number of aryl methyl sites for hydroxylation is 1. The largest absolute Gasteiger partial charge is 0.347 e. The van der Waals surface area contributed by atoms with Crippen LogP contribution in [0.4, 0.5) is 0 Å². The van der Waals surface area contributed by atoms with Crippen LogP contribution in [-0.4, -0.2) is 24.2 Å². The maximum atomic E-state index is 11.2. The summed E-state index contributed by atoms with van der Waals surface area (Å²) in [6.45, 7) is 1.26. The van der Waals surface area contributed by atoms with E-state index in [1.807, 2.05) is 18.3 Å². The molecule has 1 N–H and O–H groups in total. The summed E-state index contributed by atoms with van der Waals surface area (Å²) < 4.78 is 27.0. The highest BCUT2D eigenvalue weighted by atomic mass is 79.9. The fraction of sp³-hybridized carbons (Fsp3) is 0.333. The molecule has 0 bridgehead atoms.